The molecule has 0 aromatic heterocycles. The lowest BCUT2D eigenvalue weighted by atomic mass is 9.66. The van der Waals surface area contributed by atoms with E-state index in [1.54, 1.807) is 0 Å². The van der Waals surface area contributed by atoms with Crippen molar-refractivity contribution >= 4 is 0 Å². The molecule has 25 heavy (non-hydrogen) atoms. The Labute approximate surface area is 148 Å². The third-order valence-corrected chi connectivity index (χ3v) is 6.58. The fourth-order valence-electron chi connectivity index (χ4n) is 5.18. The molecule has 1 aromatic rings. The first-order valence-corrected chi connectivity index (χ1v) is 9.80. The first-order valence-electron chi connectivity index (χ1n) is 9.80. The molecule has 2 aliphatic carbocycles. The van der Waals surface area contributed by atoms with Crippen molar-refractivity contribution in [3.63, 3.8) is 0 Å². The van der Waals surface area contributed by atoms with Gasteiger partial charge in [0, 0.05) is 12.1 Å². The third kappa shape index (κ3) is 4.05. The zero-order chi connectivity index (χ0) is 18.0. The van der Waals surface area contributed by atoms with E-state index >= 15 is 0 Å². The largest absolute Gasteiger partial charge is 0.385 e. The molecule has 0 unspecified atom stereocenters. The number of hydrogen-bond acceptors (Lipinski definition) is 1. The van der Waals surface area contributed by atoms with Gasteiger partial charge in [-0.05, 0) is 56.3 Å². The van der Waals surface area contributed by atoms with Gasteiger partial charge in [-0.2, -0.15) is 0 Å². The zero-order valence-electron chi connectivity index (χ0n) is 15.0. The number of aliphatic hydroxyl groups is 1. The molecule has 140 valence electrons. The van der Waals surface area contributed by atoms with Gasteiger partial charge in [-0.25, -0.2) is 13.2 Å². The fourth-order valence-corrected chi connectivity index (χ4v) is 5.18. The highest BCUT2D eigenvalue weighted by Crippen LogP contribution is 2.47. The lowest BCUT2D eigenvalue weighted by molar-refractivity contribution is -0.0313. The van der Waals surface area contributed by atoms with Crippen molar-refractivity contribution in [2.45, 2.75) is 76.7 Å². The lowest BCUT2D eigenvalue weighted by Gasteiger charge is -2.41. The minimum atomic E-state index is -1.50. The lowest BCUT2D eigenvalue weighted by Crippen LogP contribution is -2.36. The topological polar surface area (TPSA) is 20.2 Å². The van der Waals surface area contributed by atoms with Crippen LogP contribution in [-0.4, -0.2) is 5.11 Å². The molecule has 0 radical (unpaired) electrons. The van der Waals surface area contributed by atoms with Crippen LogP contribution in [0.25, 0.3) is 0 Å². The molecule has 0 amide bonds. The Kier molecular flexibility index (Phi) is 5.77. The van der Waals surface area contributed by atoms with Crippen LogP contribution in [-0.2, 0) is 5.60 Å². The molecule has 0 aliphatic heterocycles. The van der Waals surface area contributed by atoms with Crippen molar-refractivity contribution in [3.8, 4) is 0 Å². The summed E-state index contributed by atoms with van der Waals surface area (Å²) in [5, 5.41) is 10.8. The van der Waals surface area contributed by atoms with Crippen LogP contribution in [0.1, 0.15) is 76.7 Å². The maximum Gasteiger partial charge on any atom is 0.135 e. The van der Waals surface area contributed by atoms with E-state index in [1.807, 2.05) is 0 Å². The van der Waals surface area contributed by atoms with Crippen molar-refractivity contribution < 1.29 is 18.3 Å². The van der Waals surface area contributed by atoms with E-state index in [1.165, 1.54) is 38.5 Å². The average molecular weight is 354 g/mol. The van der Waals surface area contributed by atoms with Crippen LogP contribution < -0.4 is 0 Å². The second-order valence-corrected chi connectivity index (χ2v) is 8.18. The summed E-state index contributed by atoms with van der Waals surface area (Å²) in [5.41, 5.74) is -1.85. The quantitative estimate of drug-likeness (QED) is 0.694. The van der Waals surface area contributed by atoms with Crippen molar-refractivity contribution in [2.75, 3.05) is 0 Å². The van der Waals surface area contributed by atoms with Crippen LogP contribution in [0.2, 0.25) is 0 Å². The molecular formula is C21H29F3O. The first kappa shape index (κ1) is 18.8. The maximum atomic E-state index is 14.1. The molecule has 2 fully saturated rings. The summed E-state index contributed by atoms with van der Waals surface area (Å²) in [6.45, 7) is 2.24. The number of benzene rings is 1. The summed E-state index contributed by atoms with van der Waals surface area (Å²) in [5.74, 6) is -0.809. The number of halogens is 3. The van der Waals surface area contributed by atoms with E-state index in [2.05, 4.69) is 6.92 Å². The SMILES string of the molecule is CCCC1CCC(C2CCC(O)(c3c(F)cc(F)cc3F)CC2)CC1. The van der Waals surface area contributed by atoms with Gasteiger partial charge in [0.2, 0.25) is 0 Å². The van der Waals surface area contributed by atoms with Crippen molar-refractivity contribution in [1.29, 1.82) is 0 Å². The zero-order valence-corrected chi connectivity index (χ0v) is 15.0. The molecule has 0 saturated heterocycles. The second kappa shape index (κ2) is 7.69. The molecule has 0 atom stereocenters. The van der Waals surface area contributed by atoms with E-state index in [0.29, 0.717) is 36.8 Å². The fraction of sp³-hybridized carbons (Fsp3) is 0.714. The van der Waals surface area contributed by atoms with Crippen LogP contribution in [0.5, 0.6) is 0 Å². The normalized spacial score (nSPS) is 33.4. The Hall–Kier alpha value is -1.03. The molecule has 2 saturated carbocycles. The first-order chi connectivity index (χ1) is 11.9. The standard InChI is InChI=1S/C21H29F3O/c1-2-3-14-4-6-15(7-5-14)16-8-10-21(25,11-9-16)20-18(23)12-17(22)13-19(20)24/h12-16,25H,2-11H2,1H3. The van der Waals surface area contributed by atoms with Crippen molar-refractivity contribution in [3.05, 3.63) is 35.1 Å². The van der Waals surface area contributed by atoms with Crippen LogP contribution in [0.15, 0.2) is 12.1 Å². The Morgan fingerprint density at radius 3 is 1.96 bits per heavy atom. The van der Waals surface area contributed by atoms with Gasteiger partial charge in [0.1, 0.15) is 17.5 Å². The highest BCUT2D eigenvalue weighted by Gasteiger charge is 2.41. The highest BCUT2D eigenvalue weighted by molar-refractivity contribution is 5.27. The van der Waals surface area contributed by atoms with E-state index in [9.17, 15) is 18.3 Å². The summed E-state index contributed by atoms with van der Waals surface area (Å²) >= 11 is 0. The number of hydrogen-bond donors (Lipinski definition) is 1. The predicted molar refractivity (Wildman–Crippen MR) is 92.5 cm³/mol. The van der Waals surface area contributed by atoms with Gasteiger partial charge in [-0.15, -0.1) is 0 Å². The van der Waals surface area contributed by atoms with E-state index in [-0.39, 0.29) is 5.56 Å². The summed E-state index contributed by atoms with van der Waals surface area (Å²) in [4.78, 5) is 0. The molecular weight excluding hydrogens is 325 g/mol. The van der Waals surface area contributed by atoms with Gasteiger partial charge in [0.25, 0.3) is 0 Å². The minimum Gasteiger partial charge on any atom is -0.385 e. The van der Waals surface area contributed by atoms with Gasteiger partial charge in [-0.3, -0.25) is 0 Å². The molecule has 2 aliphatic rings. The van der Waals surface area contributed by atoms with Gasteiger partial charge in [-0.1, -0.05) is 32.6 Å². The monoisotopic (exact) mass is 354 g/mol. The molecule has 0 heterocycles. The minimum absolute atomic E-state index is 0.348. The predicted octanol–water partition coefficient (Wildman–Crippen LogP) is 6.09. The van der Waals surface area contributed by atoms with E-state index in [0.717, 1.165) is 18.8 Å². The summed E-state index contributed by atoms with van der Waals surface area (Å²) in [6, 6.07) is 1.33. The maximum absolute atomic E-state index is 14.1. The second-order valence-electron chi connectivity index (χ2n) is 8.18. The summed E-state index contributed by atoms with van der Waals surface area (Å²) in [7, 11) is 0. The number of rotatable bonds is 4. The van der Waals surface area contributed by atoms with Crippen molar-refractivity contribution in [1.82, 2.24) is 0 Å². The molecule has 4 heteroatoms. The molecule has 0 bridgehead atoms. The Balaban J connectivity index is 1.62. The third-order valence-electron chi connectivity index (χ3n) is 6.58. The molecule has 1 N–H and O–H groups in total. The van der Waals surface area contributed by atoms with E-state index < -0.39 is 23.1 Å². The Bertz CT molecular complexity index is 562. The van der Waals surface area contributed by atoms with Crippen molar-refractivity contribution in [2.24, 2.45) is 17.8 Å². The van der Waals surface area contributed by atoms with Crippen LogP contribution >= 0.6 is 0 Å². The average Bonchev–Trinajstić information content (AvgIpc) is 2.55. The van der Waals surface area contributed by atoms with E-state index in [4.69, 9.17) is 0 Å². The smallest absolute Gasteiger partial charge is 0.135 e. The van der Waals surface area contributed by atoms with Gasteiger partial charge in [0.15, 0.2) is 0 Å². The molecule has 1 nitrogen and oxygen atoms in total. The Morgan fingerprint density at radius 1 is 0.920 bits per heavy atom. The molecule has 3 rings (SSSR count). The summed E-state index contributed by atoms with van der Waals surface area (Å²) < 4.78 is 41.3. The van der Waals surface area contributed by atoms with Crippen LogP contribution in [0.4, 0.5) is 13.2 Å². The molecule has 0 spiro atoms. The van der Waals surface area contributed by atoms with Crippen LogP contribution in [0, 0.1) is 35.2 Å². The van der Waals surface area contributed by atoms with Crippen LogP contribution in [0.3, 0.4) is 0 Å². The molecule has 1 aromatic carbocycles. The summed E-state index contributed by atoms with van der Waals surface area (Å²) in [6.07, 6.45) is 9.92. The highest BCUT2D eigenvalue weighted by atomic mass is 19.1. The Morgan fingerprint density at radius 2 is 1.44 bits per heavy atom. The van der Waals surface area contributed by atoms with Gasteiger partial charge >= 0.3 is 0 Å². The van der Waals surface area contributed by atoms with Gasteiger partial charge < -0.3 is 5.11 Å². The van der Waals surface area contributed by atoms with Gasteiger partial charge in [0.05, 0.1) is 11.2 Å².